The van der Waals surface area contributed by atoms with Crippen LogP contribution in [0.2, 0.25) is 0 Å². The predicted molar refractivity (Wildman–Crippen MR) is 98.8 cm³/mol. The quantitative estimate of drug-likeness (QED) is 0.737. The average Bonchev–Trinajstić information content (AvgIpc) is 3.44. The molecular weight excluding hydrogens is 338 g/mol. The normalized spacial score (nSPS) is 26.8. The van der Waals surface area contributed by atoms with Gasteiger partial charge < -0.3 is 10.2 Å². The Morgan fingerprint density at radius 3 is 2.40 bits per heavy atom. The summed E-state index contributed by atoms with van der Waals surface area (Å²) < 4.78 is 26.6. The molecule has 144 valence electrons. The van der Waals surface area contributed by atoms with Gasteiger partial charge in [-0.2, -0.15) is 4.31 Å². The van der Waals surface area contributed by atoms with Gasteiger partial charge in [0.2, 0.25) is 15.9 Å². The molecule has 3 aliphatic rings. The number of nitrogens with zero attached hydrogens (tertiary/aromatic N) is 2. The van der Waals surface area contributed by atoms with E-state index in [0.717, 1.165) is 51.2 Å². The number of carbonyl (C=O) groups is 1. The van der Waals surface area contributed by atoms with E-state index >= 15 is 0 Å². The molecule has 3 fully saturated rings. The van der Waals surface area contributed by atoms with Crippen LogP contribution in [0.15, 0.2) is 0 Å². The van der Waals surface area contributed by atoms with Gasteiger partial charge in [-0.25, -0.2) is 8.42 Å². The van der Waals surface area contributed by atoms with E-state index < -0.39 is 16.1 Å². The zero-order valence-corrected chi connectivity index (χ0v) is 16.3. The molecular formula is C18H33N3O3S. The number of hydrogen-bond acceptors (Lipinski definition) is 4. The molecule has 0 spiro atoms. The lowest BCUT2D eigenvalue weighted by molar-refractivity contribution is -0.137. The fraction of sp³-hybridized carbons (Fsp3) is 0.944. The maximum atomic E-state index is 13.0. The van der Waals surface area contributed by atoms with Gasteiger partial charge in [0.15, 0.2) is 0 Å². The Labute approximate surface area is 152 Å². The standard InChI is InChI=1S/C18H33N3O3S/c1-2-13-25(23,24)21-10-4-3-5-17(21)18(22)20-11-8-16(9-12-20)19-14-15-6-7-15/h15-17,19H,2-14H2,1H3. The van der Waals surface area contributed by atoms with Gasteiger partial charge >= 0.3 is 0 Å². The molecule has 1 unspecified atom stereocenters. The molecule has 1 amide bonds. The van der Waals surface area contributed by atoms with Crippen molar-refractivity contribution in [2.24, 2.45) is 5.92 Å². The Morgan fingerprint density at radius 2 is 1.76 bits per heavy atom. The van der Waals surface area contributed by atoms with Crippen LogP contribution >= 0.6 is 0 Å². The molecule has 2 saturated heterocycles. The lowest BCUT2D eigenvalue weighted by Crippen LogP contribution is -2.55. The number of nitrogens with one attached hydrogen (secondary N) is 1. The fourth-order valence-corrected chi connectivity index (χ4v) is 5.77. The SMILES string of the molecule is CCCS(=O)(=O)N1CCCCC1C(=O)N1CCC(NCC2CC2)CC1. The molecule has 0 radical (unpaired) electrons. The van der Waals surface area contributed by atoms with Crippen molar-refractivity contribution in [2.75, 3.05) is 31.9 Å². The molecule has 1 N–H and O–H groups in total. The molecule has 1 saturated carbocycles. The average molecular weight is 372 g/mol. The first-order valence-corrected chi connectivity index (χ1v) is 11.6. The van der Waals surface area contributed by atoms with Crippen molar-refractivity contribution in [3.8, 4) is 0 Å². The van der Waals surface area contributed by atoms with E-state index in [1.54, 1.807) is 0 Å². The number of sulfonamides is 1. The van der Waals surface area contributed by atoms with E-state index in [2.05, 4.69) is 5.32 Å². The predicted octanol–water partition coefficient (Wildman–Crippen LogP) is 1.57. The third-order valence-electron chi connectivity index (χ3n) is 5.76. The molecule has 3 rings (SSSR count). The topological polar surface area (TPSA) is 69.7 Å². The number of carbonyl (C=O) groups excluding carboxylic acids is 1. The van der Waals surface area contributed by atoms with Crippen molar-refractivity contribution >= 4 is 15.9 Å². The Kier molecular flexibility index (Phi) is 6.39. The van der Waals surface area contributed by atoms with Gasteiger partial charge in [0.1, 0.15) is 6.04 Å². The third-order valence-corrected chi connectivity index (χ3v) is 7.83. The molecule has 0 aromatic carbocycles. The van der Waals surface area contributed by atoms with Crippen LogP contribution in [-0.4, -0.2) is 67.5 Å². The Morgan fingerprint density at radius 1 is 1.04 bits per heavy atom. The summed E-state index contributed by atoms with van der Waals surface area (Å²) in [6, 6.07) is 0.0391. The minimum absolute atomic E-state index is 0.0278. The largest absolute Gasteiger partial charge is 0.341 e. The van der Waals surface area contributed by atoms with Crippen LogP contribution < -0.4 is 5.32 Å². The van der Waals surface area contributed by atoms with Crippen molar-refractivity contribution in [3.63, 3.8) is 0 Å². The van der Waals surface area contributed by atoms with Crippen molar-refractivity contribution in [1.82, 2.24) is 14.5 Å². The summed E-state index contributed by atoms with van der Waals surface area (Å²) in [5.74, 6) is 1.04. The highest BCUT2D eigenvalue weighted by Gasteiger charge is 2.39. The molecule has 1 atom stereocenters. The van der Waals surface area contributed by atoms with Crippen LogP contribution in [-0.2, 0) is 14.8 Å². The van der Waals surface area contributed by atoms with Gasteiger partial charge in [-0.05, 0) is 57.4 Å². The van der Waals surface area contributed by atoms with E-state index in [0.29, 0.717) is 25.4 Å². The number of piperidine rings is 2. The van der Waals surface area contributed by atoms with Crippen LogP contribution in [0.1, 0.15) is 58.3 Å². The van der Waals surface area contributed by atoms with Crippen LogP contribution in [0.5, 0.6) is 0 Å². The highest BCUT2D eigenvalue weighted by Crippen LogP contribution is 2.28. The van der Waals surface area contributed by atoms with Crippen molar-refractivity contribution in [1.29, 1.82) is 0 Å². The first-order valence-electron chi connectivity index (χ1n) is 10.0. The van der Waals surface area contributed by atoms with Crippen molar-refractivity contribution < 1.29 is 13.2 Å². The second-order valence-electron chi connectivity index (χ2n) is 7.89. The third kappa shape index (κ3) is 4.95. The van der Waals surface area contributed by atoms with Crippen molar-refractivity contribution in [2.45, 2.75) is 70.4 Å². The fourth-order valence-electron chi connectivity index (χ4n) is 4.03. The van der Waals surface area contributed by atoms with Crippen LogP contribution in [0.3, 0.4) is 0 Å². The minimum Gasteiger partial charge on any atom is -0.341 e. The number of amides is 1. The Balaban J connectivity index is 1.55. The van der Waals surface area contributed by atoms with Crippen LogP contribution in [0, 0.1) is 5.92 Å². The van der Waals surface area contributed by atoms with Gasteiger partial charge in [0.05, 0.1) is 5.75 Å². The molecule has 25 heavy (non-hydrogen) atoms. The summed E-state index contributed by atoms with van der Waals surface area (Å²) in [5.41, 5.74) is 0. The maximum absolute atomic E-state index is 13.0. The molecule has 6 nitrogen and oxygen atoms in total. The smallest absolute Gasteiger partial charge is 0.241 e. The molecule has 1 aliphatic carbocycles. The zero-order valence-electron chi connectivity index (χ0n) is 15.5. The van der Waals surface area contributed by atoms with Gasteiger partial charge in [-0.1, -0.05) is 13.3 Å². The summed E-state index contributed by atoms with van der Waals surface area (Å²) in [7, 11) is -3.31. The first kappa shape index (κ1) is 19.1. The van der Waals surface area contributed by atoms with Gasteiger partial charge in [0, 0.05) is 25.7 Å². The number of likely N-dealkylation sites (tertiary alicyclic amines) is 1. The Hall–Kier alpha value is -0.660. The lowest BCUT2D eigenvalue weighted by Gasteiger charge is -2.39. The summed E-state index contributed by atoms with van der Waals surface area (Å²) >= 11 is 0. The summed E-state index contributed by atoms with van der Waals surface area (Å²) in [6.07, 6.45) is 7.73. The first-order chi connectivity index (χ1) is 12.0. The summed E-state index contributed by atoms with van der Waals surface area (Å²) in [5, 5.41) is 3.63. The van der Waals surface area contributed by atoms with Crippen molar-refractivity contribution in [3.05, 3.63) is 0 Å². The second kappa shape index (κ2) is 8.35. The van der Waals surface area contributed by atoms with E-state index in [1.165, 1.54) is 17.1 Å². The highest BCUT2D eigenvalue weighted by atomic mass is 32.2. The monoisotopic (exact) mass is 371 g/mol. The molecule has 2 aliphatic heterocycles. The summed E-state index contributed by atoms with van der Waals surface area (Å²) in [4.78, 5) is 14.9. The molecule has 0 bridgehead atoms. The molecule has 2 heterocycles. The van der Waals surface area contributed by atoms with E-state index in [9.17, 15) is 13.2 Å². The highest BCUT2D eigenvalue weighted by molar-refractivity contribution is 7.89. The van der Waals surface area contributed by atoms with Crippen LogP contribution in [0.25, 0.3) is 0 Å². The second-order valence-corrected chi connectivity index (χ2v) is 9.93. The maximum Gasteiger partial charge on any atom is 0.241 e. The van der Waals surface area contributed by atoms with E-state index in [4.69, 9.17) is 0 Å². The summed E-state index contributed by atoms with van der Waals surface area (Å²) in [6.45, 7) is 4.98. The lowest BCUT2D eigenvalue weighted by atomic mass is 10.0. The van der Waals surface area contributed by atoms with Gasteiger partial charge in [-0.3, -0.25) is 4.79 Å². The van der Waals surface area contributed by atoms with E-state index in [1.807, 2.05) is 11.8 Å². The number of hydrogen-bond donors (Lipinski definition) is 1. The molecule has 0 aromatic heterocycles. The minimum atomic E-state index is -3.31. The van der Waals surface area contributed by atoms with Gasteiger partial charge in [-0.15, -0.1) is 0 Å². The molecule has 0 aromatic rings. The zero-order chi connectivity index (χ0) is 17.9. The van der Waals surface area contributed by atoms with Gasteiger partial charge in [0.25, 0.3) is 0 Å². The number of rotatable bonds is 7. The van der Waals surface area contributed by atoms with E-state index in [-0.39, 0.29) is 11.7 Å². The van der Waals surface area contributed by atoms with Crippen LogP contribution in [0.4, 0.5) is 0 Å². The molecule has 7 heteroatoms. The Bertz CT molecular complexity index is 554.